The van der Waals surface area contributed by atoms with Crippen LogP contribution in [0.2, 0.25) is 5.02 Å². The normalized spacial score (nSPS) is 11.2. The maximum Gasteiger partial charge on any atom is 0.335 e. The van der Waals surface area contributed by atoms with Crippen LogP contribution < -0.4 is 0 Å². The van der Waals surface area contributed by atoms with E-state index in [-0.39, 0.29) is 5.56 Å². The van der Waals surface area contributed by atoms with E-state index in [2.05, 4.69) is 9.55 Å². The van der Waals surface area contributed by atoms with Crippen molar-refractivity contribution >= 4 is 39.4 Å². The third kappa shape index (κ3) is 2.41. The Labute approximate surface area is 142 Å². The molecule has 0 saturated carbocycles. The Bertz CT molecular complexity index is 1090. The summed E-state index contributed by atoms with van der Waals surface area (Å²) >= 11 is 6.09. The van der Waals surface area contributed by atoms with Crippen molar-refractivity contribution in [3.8, 4) is 0 Å². The molecule has 0 aliphatic rings. The number of hydrogen-bond donors (Lipinski definition) is 1. The first-order valence-corrected chi connectivity index (χ1v) is 7.85. The number of fused-ring (bicyclic) bond motifs is 3. The standard InChI is InChI=1S/C19H13ClN2O2/c20-14-3-1-2-12(8-14)11-22-17-5-4-13(19(23)24)9-16(17)15-6-7-21-10-18(15)22/h1-10H,11H2,(H,23,24). The molecular formula is C19H13ClN2O2. The van der Waals surface area contributed by atoms with Crippen LogP contribution in [0.4, 0.5) is 0 Å². The molecule has 2 heterocycles. The molecule has 0 amide bonds. The first-order chi connectivity index (χ1) is 11.6. The summed E-state index contributed by atoms with van der Waals surface area (Å²) < 4.78 is 2.13. The Morgan fingerprint density at radius 3 is 2.75 bits per heavy atom. The molecule has 0 saturated heterocycles. The van der Waals surface area contributed by atoms with Crippen LogP contribution in [-0.4, -0.2) is 20.6 Å². The van der Waals surface area contributed by atoms with Gasteiger partial charge < -0.3 is 9.67 Å². The molecule has 24 heavy (non-hydrogen) atoms. The lowest BCUT2D eigenvalue weighted by molar-refractivity contribution is 0.0697. The highest BCUT2D eigenvalue weighted by Crippen LogP contribution is 2.30. The average molecular weight is 337 g/mol. The monoisotopic (exact) mass is 336 g/mol. The van der Waals surface area contributed by atoms with Gasteiger partial charge in [-0.05, 0) is 42.0 Å². The lowest BCUT2D eigenvalue weighted by Crippen LogP contribution is -2.00. The average Bonchev–Trinajstić information content (AvgIpc) is 2.89. The largest absolute Gasteiger partial charge is 0.478 e. The van der Waals surface area contributed by atoms with E-state index in [9.17, 15) is 9.90 Å². The van der Waals surface area contributed by atoms with Gasteiger partial charge in [-0.1, -0.05) is 23.7 Å². The van der Waals surface area contributed by atoms with Crippen molar-refractivity contribution in [3.63, 3.8) is 0 Å². The van der Waals surface area contributed by atoms with Gasteiger partial charge in [-0.2, -0.15) is 0 Å². The zero-order valence-corrected chi connectivity index (χ0v) is 13.4. The zero-order chi connectivity index (χ0) is 16.7. The minimum Gasteiger partial charge on any atom is -0.478 e. The summed E-state index contributed by atoms with van der Waals surface area (Å²) in [4.78, 5) is 15.5. The molecule has 4 aromatic rings. The van der Waals surface area contributed by atoms with Gasteiger partial charge in [0.05, 0.1) is 17.3 Å². The van der Waals surface area contributed by atoms with Gasteiger partial charge in [-0.25, -0.2) is 4.79 Å². The molecule has 0 atom stereocenters. The van der Waals surface area contributed by atoms with Crippen molar-refractivity contribution in [1.82, 2.24) is 9.55 Å². The molecule has 4 rings (SSSR count). The number of nitrogens with zero attached hydrogens (tertiary/aromatic N) is 2. The number of benzene rings is 2. The Morgan fingerprint density at radius 2 is 1.96 bits per heavy atom. The van der Waals surface area contributed by atoms with Crippen LogP contribution in [0.1, 0.15) is 15.9 Å². The summed E-state index contributed by atoms with van der Waals surface area (Å²) in [7, 11) is 0. The highest BCUT2D eigenvalue weighted by Gasteiger charge is 2.13. The van der Waals surface area contributed by atoms with Crippen LogP contribution in [-0.2, 0) is 6.54 Å². The Kier molecular flexibility index (Phi) is 3.47. The van der Waals surface area contributed by atoms with Crippen molar-refractivity contribution in [2.24, 2.45) is 0 Å². The van der Waals surface area contributed by atoms with E-state index in [1.807, 2.05) is 36.4 Å². The zero-order valence-electron chi connectivity index (χ0n) is 12.6. The minimum absolute atomic E-state index is 0.279. The number of rotatable bonds is 3. The first kappa shape index (κ1) is 14.7. The molecule has 118 valence electrons. The molecule has 2 aromatic carbocycles. The maximum atomic E-state index is 11.3. The molecule has 1 N–H and O–H groups in total. The fourth-order valence-electron chi connectivity index (χ4n) is 3.07. The Hall–Kier alpha value is -2.85. The van der Waals surface area contributed by atoms with E-state index in [0.717, 1.165) is 27.4 Å². The minimum atomic E-state index is -0.929. The molecule has 0 aliphatic heterocycles. The van der Waals surface area contributed by atoms with Crippen molar-refractivity contribution < 1.29 is 9.90 Å². The lowest BCUT2D eigenvalue weighted by atomic mass is 10.1. The fourth-order valence-corrected chi connectivity index (χ4v) is 3.28. The summed E-state index contributed by atoms with van der Waals surface area (Å²) in [6.07, 6.45) is 3.53. The molecule has 4 nitrogen and oxygen atoms in total. The molecule has 0 unspecified atom stereocenters. The Balaban J connectivity index is 1.97. The highest BCUT2D eigenvalue weighted by atomic mass is 35.5. The van der Waals surface area contributed by atoms with Gasteiger partial charge in [0.25, 0.3) is 0 Å². The molecule has 0 spiro atoms. The van der Waals surface area contributed by atoms with E-state index in [1.165, 1.54) is 0 Å². The van der Waals surface area contributed by atoms with Crippen molar-refractivity contribution in [2.75, 3.05) is 0 Å². The molecule has 0 radical (unpaired) electrons. The summed E-state index contributed by atoms with van der Waals surface area (Å²) in [6.45, 7) is 0.638. The second-order valence-corrected chi connectivity index (χ2v) is 6.08. The van der Waals surface area contributed by atoms with Crippen LogP contribution in [0.25, 0.3) is 21.8 Å². The summed E-state index contributed by atoms with van der Waals surface area (Å²) in [5, 5.41) is 11.9. The fraction of sp³-hybridized carbons (Fsp3) is 0.0526. The third-order valence-electron chi connectivity index (χ3n) is 4.15. The van der Waals surface area contributed by atoms with E-state index in [4.69, 9.17) is 11.6 Å². The molecule has 5 heteroatoms. The number of carbonyl (C=O) groups is 1. The van der Waals surface area contributed by atoms with Crippen LogP contribution in [0.5, 0.6) is 0 Å². The predicted molar refractivity (Wildman–Crippen MR) is 94.8 cm³/mol. The lowest BCUT2D eigenvalue weighted by Gasteiger charge is -2.08. The van der Waals surface area contributed by atoms with Gasteiger partial charge in [-0.15, -0.1) is 0 Å². The van der Waals surface area contributed by atoms with E-state index in [1.54, 1.807) is 24.5 Å². The molecule has 2 aromatic heterocycles. The number of aromatic carboxylic acids is 1. The number of hydrogen-bond acceptors (Lipinski definition) is 2. The van der Waals surface area contributed by atoms with Crippen LogP contribution in [0, 0.1) is 0 Å². The molecular weight excluding hydrogens is 324 g/mol. The number of halogens is 1. The quantitative estimate of drug-likeness (QED) is 0.595. The maximum absolute atomic E-state index is 11.3. The second kappa shape index (κ2) is 5.65. The van der Waals surface area contributed by atoms with Crippen LogP contribution >= 0.6 is 11.6 Å². The van der Waals surface area contributed by atoms with Gasteiger partial charge in [0.2, 0.25) is 0 Å². The molecule has 0 fully saturated rings. The van der Waals surface area contributed by atoms with Crippen molar-refractivity contribution in [2.45, 2.75) is 6.54 Å². The second-order valence-electron chi connectivity index (χ2n) is 5.65. The van der Waals surface area contributed by atoms with E-state index >= 15 is 0 Å². The van der Waals surface area contributed by atoms with E-state index < -0.39 is 5.97 Å². The van der Waals surface area contributed by atoms with Crippen molar-refractivity contribution in [1.29, 1.82) is 0 Å². The summed E-state index contributed by atoms with van der Waals surface area (Å²) in [6, 6.07) is 14.8. The van der Waals surface area contributed by atoms with Crippen LogP contribution in [0.3, 0.4) is 0 Å². The molecule has 0 bridgehead atoms. The number of carboxylic acids is 1. The van der Waals surface area contributed by atoms with Gasteiger partial charge >= 0.3 is 5.97 Å². The highest BCUT2D eigenvalue weighted by molar-refractivity contribution is 6.30. The SMILES string of the molecule is O=C(O)c1ccc2c(c1)c1ccncc1n2Cc1cccc(Cl)c1. The summed E-state index contributed by atoms with van der Waals surface area (Å²) in [5.41, 5.74) is 3.30. The first-order valence-electron chi connectivity index (χ1n) is 7.47. The van der Waals surface area contributed by atoms with Gasteiger partial charge in [0.15, 0.2) is 0 Å². The summed E-state index contributed by atoms with van der Waals surface area (Å²) in [5.74, 6) is -0.929. The predicted octanol–water partition coefficient (Wildman–Crippen LogP) is 4.59. The number of carboxylic acid groups (broad SMARTS) is 1. The van der Waals surface area contributed by atoms with Crippen molar-refractivity contribution in [3.05, 3.63) is 77.1 Å². The van der Waals surface area contributed by atoms with E-state index in [0.29, 0.717) is 11.6 Å². The van der Waals surface area contributed by atoms with Gasteiger partial charge in [-0.3, -0.25) is 4.98 Å². The third-order valence-corrected chi connectivity index (χ3v) is 4.38. The topological polar surface area (TPSA) is 55.1 Å². The van der Waals surface area contributed by atoms with Crippen LogP contribution in [0.15, 0.2) is 60.9 Å². The Morgan fingerprint density at radius 1 is 1.08 bits per heavy atom. The smallest absolute Gasteiger partial charge is 0.335 e. The number of pyridine rings is 1. The molecule has 0 aliphatic carbocycles. The number of aromatic nitrogens is 2. The van der Waals surface area contributed by atoms with Gasteiger partial charge in [0.1, 0.15) is 0 Å². The van der Waals surface area contributed by atoms with Gasteiger partial charge in [0, 0.05) is 34.1 Å².